The number of aromatic nitrogens is 2. The molecule has 3 aromatic rings. The minimum absolute atomic E-state index is 0.0939. The lowest BCUT2D eigenvalue weighted by atomic mass is 10.2. The SMILES string of the molecule is O=C(COc1ccc(Cl)c(Cl)c1)NCc1ccc(-n2cccn2)cc1. The number of nitrogens with zero attached hydrogens (tertiary/aromatic N) is 2. The predicted molar refractivity (Wildman–Crippen MR) is 97.4 cm³/mol. The Labute approximate surface area is 155 Å². The molecule has 1 N–H and O–H groups in total. The quantitative estimate of drug-likeness (QED) is 0.711. The van der Waals surface area contributed by atoms with Crippen LogP contribution in [0.1, 0.15) is 5.56 Å². The van der Waals surface area contributed by atoms with E-state index in [4.69, 9.17) is 27.9 Å². The Balaban J connectivity index is 1.48. The summed E-state index contributed by atoms with van der Waals surface area (Å²) in [5.41, 5.74) is 1.95. The van der Waals surface area contributed by atoms with Gasteiger partial charge in [0.05, 0.1) is 15.7 Å². The fraction of sp³-hybridized carbons (Fsp3) is 0.111. The molecule has 0 aliphatic carbocycles. The highest BCUT2D eigenvalue weighted by Crippen LogP contribution is 2.26. The molecule has 2 aromatic carbocycles. The molecule has 5 nitrogen and oxygen atoms in total. The van der Waals surface area contributed by atoms with E-state index in [-0.39, 0.29) is 12.5 Å². The standard InChI is InChI=1S/C18H15Cl2N3O2/c19-16-7-6-15(10-17(16)20)25-12-18(24)21-11-13-2-4-14(5-3-13)23-9-1-8-22-23/h1-10H,11-12H2,(H,21,24). The number of ether oxygens (including phenoxy) is 1. The molecule has 3 rings (SSSR count). The third-order valence-electron chi connectivity index (χ3n) is 3.46. The van der Waals surface area contributed by atoms with Gasteiger partial charge in [0.15, 0.2) is 6.61 Å². The molecule has 0 unspecified atom stereocenters. The van der Waals surface area contributed by atoms with E-state index < -0.39 is 0 Å². The number of amides is 1. The van der Waals surface area contributed by atoms with E-state index in [0.29, 0.717) is 22.3 Å². The van der Waals surface area contributed by atoms with Crippen LogP contribution in [-0.2, 0) is 11.3 Å². The first kappa shape index (κ1) is 17.3. The molecular weight excluding hydrogens is 361 g/mol. The topological polar surface area (TPSA) is 56.1 Å². The zero-order valence-corrected chi connectivity index (χ0v) is 14.7. The van der Waals surface area contributed by atoms with Gasteiger partial charge in [-0.2, -0.15) is 5.10 Å². The molecule has 0 saturated heterocycles. The molecule has 128 valence electrons. The first-order chi connectivity index (χ1) is 12.1. The number of hydrogen-bond donors (Lipinski definition) is 1. The van der Waals surface area contributed by atoms with Crippen LogP contribution in [0.4, 0.5) is 0 Å². The predicted octanol–water partition coefficient (Wildman–Crippen LogP) is 3.87. The second kappa shape index (κ2) is 8.05. The van der Waals surface area contributed by atoms with Crippen molar-refractivity contribution in [3.63, 3.8) is 0 Å². The summed E-state index contributed by atoms with van der Waals surface area (Å²) in [4.78, 5) is 11.9. The van der Waals surface area contributed by atoms with Gasteiger partial charge in [-0.1, -0.05) is 35.3 Å². The van der Waals surface area contributed by atoms with Gasteiger partial charge >= 0.3 is 0 Å². The molecule has 0 aliphatic rings. The molecule has 0 bridgehead atoms. The smallest absolute Gasteiger partial charge is 0.258 e. The Morgan fingerprint density at radius 3 is 2.60 bits per heavy atom. The maximum atomic E-state index is 11.9. The molecule has 0 atom stereocenters. The zero-order valence-electron chi connectivity index (χ0n) is 13.2. The van der Waals surface area contributed by atoms with Gasteiger partial charge in [-0.25, -0.2) is 4.68 Å². The molecule has 1 aromatic heterocycles. The van der Waals surface area contributed by atoms with E-state index in [1.807, 2.05) is 36.5 Å². The minimum atomic E-state index is -0.220. The van der Waals surface area contributed by atoms with Crippen LogP contribution in [0.15, 0.2) is 60.9 Å². The molecule has 0 fully saturated rings. The number of carbonyl (C=O) groups is 1. The Kier molecular flexibility index (Phi) is 5.58. The fourth-order valence-corrected chi connectivity index (χ4v) is 2.44. The van der Waals surface area contributed by atoms with Gasteiger partial charge in [0.2, 0.25) is 0 Å². The summed E-state index contributed by atoms with van der Waals surface area (Å²) in [7, 11) is 0. The molecule has 1 amide bonds. The molecule has 0 saturated carbocycles. The summed E-state index contributed by atoms with van der Waals surface area (Å²) in [5.74, 6) is 0.273. The van der Waals surface area contributed by atoms with E-state index in [0.717, 1.165) is 11.3 Å². The highest BCUT2D eigenvalue weighted by Gasteiger charge is 2.05. The number of halogens is 2. The van der Waals surface area contributed by atoms with Crippen LogP contribution in [0, 0.1) is 0 Å². The first-order valence-corrected chi connectivity index (χ1v) is 8.31. The number of carbonyl (C=O) groups excluding carboxylic acids is 1. The summed E-state index contributed by atoms with van der Waals surface area (Å²) in [6.45, 7) is 0.326. The highest BCUT2D eigenvalue weighted by molar-refractivity contribution is 6.42. The fourth-order valence-electron chi connectivity index (χ4n) is 2.16. The van der Waals surface area contributed by atoms with E-state index in [9.17, 15) is 4.79 Å². The van der Waals surface area contributed by atoms with Crippen molar-refractivity contribution < 1.29 is 9.53 Å². The van der Waals surface area contributed by atoms with Gasteiger partial charge in [-0.05, 0) is 35.9 Å². The van der Waals surface area contributed by atoms with E-state index in [1.54, 1.807) is 29.1 Å². The average molecular weight is 376 g/mol. The van der Waals surface area contributed by atoms with Gasteiger partial charge in [0.25, 0.3) is 5.91 Å². The van der Waals surface area contributed by atoms with E-state index in [2.05, 4.69) is 10.4 Å². The van der Waals surface area contributed by atoms with Crippen LogP contribution in [0.3, 0.4) is 0 Å². The van der Waals surface area contributed by atoms with Gasteiger partial charge in [0.1, 0.15) is 5.75 Å². The second-order valence-corrected chi connectivity index (χ2v) is 6.07. The number of nitrogens with one attached hydrogen (secondary N) is 1. The monoisotopic (exact) mass is 375 g/mol. The normalized spacial score (nSPS) is 10.5. The summed E-state index contributed by atoms with van der Waals surface area (Å²) in [5, 5.41) is 7.80. The molecule has 7 heteroatoms. The third kappa shape index (κ3) is 4.75. The van der Waals surface area contributed by atoms with Crippen LogP contribution >= 0.6 is 23.2 Å². The second-order valence-electron chi connectivity index (χ2n) is 5.26. The van der Waals surface area contributed by atoms with Gasteiger partial charge in [0, 0.05) is 25.0 Å². The molecule has 0 radical (unpaired) electrons. The van der Waals surface area contributed by atoms with Crippen LogP contribution in [-0.4, -0.2) is 22.3 Å². The Morgan fingerprint density at radius 1 is 1.12 bits per heavy atom. The molecule has 25 heavy (non-hydrogen) atoms. The lowest BCUT2D eigenvalue weighted by Crippen LogP contribution is -2.28. The maximum Gasteiger partial charge on any atom is 0.258 e. The summed E-state index contributed by atoms with van der Waals surface area (Å²) in [6.07, 6.45) is 3.60. The van der Waals surface area contributed by atoms with Gasteiger partial charge in [-0.15, -0.1) is 0 Å². The molecule has 0 spiro atoms. The lowest BCUT2D eigenvalue weighted by Gasteiger charge is -2.09. The van der Waals surface area contributed by atoms with Crippen LogP contribution < -0.4 is 10.1 Å². The Hall–Kier alpha value is -2.50. The van der Waals surface area contributed by atoms with Crippen LogP contribution in [0.5, 0.6) is 5.75 Å². The van der Waals surface area contributed by atoms with E-state index >= 15 is 0 Å². The number of hydrogen-bond acceptors (Lipinski definition) is 3. The molecule has 1 heterocycles. The highest BCUT2D eigenvalue weighted by atomic mass is 35.5. The Bertz CT molecular complexity index is 849. The van der Waals surface area contributed by atoms with Gasteiger partial charge < -0.3 is 10.1 Å². The van der Waals surface area contributed by atoms with Crippen LogP contribution in [0.2, 0.25) is 10.0 Å². The first-order valence-electron chi connectivity index (χ1n) is 7.55. The van der Waals surface area contributed by atoms with Crippen molar-refractivity contribution in [1.82, 2.24) is 15.1 Å². The number of rotatable bonds is 6. The molecule has 0 aliphatic heterocycles. The summed E-state index contributed by atoms with van der Waals surface area (Å²) in [6, 6.07) is 14.5. The van der Waals surface area contributed by atoms with Crippen molar-refractivity contribution in [1.29, 1.82) is 0 Å². The third-order valence-corrected chi connectivity index (χ3v) is 4.19. The van der Waals surface area contributed by atoms with Crippen molar-refractivity contribution in [3.8, 4) is 11.4 Å². The summed E-state index contributed by atoms with van der Waals surface area (Å²) >= 11 is 11.7. The minimum Gasteiger partial charge on any atom is -0.484 e. The van der Waals surface area contributed by atoms with Crippen molar-refractivity contribution in [2.24, 2.45) is 0 Å². The number of benzene rings is 2. The average Bonchev–Trinajstić information content (AvgIpc) is 3.16. The van der Waals surface area contributed by atoms with Crippen molar-refractivity contribution in [3.05, 3.63) is 76.5 Å². The van der Waals surface area contributed by atoms with Crippen LogP contribution in [0.25, 0.3) is 5.69 Å². The maximum absolute atomic E-state index is 11.9. The molecular formula is C18H15Cl2N3O2. The Morgan fingerprint density at radius 2 is 1.92 bits per heavy atom. The van der Waals surface area contributed by atoms with Gasteiger partial charge in [-0.3, -0.25) is 4.79 Å². The van der Waals surface area contributed by atoms with Crippen molar-refractivity contribution >= 4 is 29.1 Å². The van der Waals surface area contributed by atoms with Crippen molar-refractivity contribution in [2.45, 2.75) is 6.54 Å². The van der Waals surface area contributed by atoms with Crippen molar-refractivity contribution in [2.75, 3.05) is 6.61 Å². The summed E-state index contributed by atoms with van der Waals surface area (Å²) < 4.78 is 7.16. The van der Waals surface area contributed by atoms with E-state index in [1.165, 1.54) is 0 Å². The largest absolute Gasteiger partial charge is 0.484 e. The zero-order chi connectivity index (χ0) is 17.6. The lowest BCUT2D eigenvalue weighted by molar-refractivity contribution is -0.123.